The lowest BCUT2D eigenvalue weighted by Gasteiger charge is -2.33. The van der Waals surface area contributed by atoms with Crippen LogP contribution in [0.5, 0.6) is 0 Å². The molecule has 0 aliphatic carbocycles. The average Bonchev–Trinajstić information content (AvgIpc) is 2.65. The van der Waals surface area contributed by atoms with Crippen molar-refractivity contribution in [3.8, 4) is 0 Å². The van der Waals surface area contributed by atoms with Gasteiger partial charge >= 0.3 is 0 Å². The van der Waals surface area contributed by atoms with Gasteiger partial charge < -0.3 is 19.0 Å². The second-order valence-electron chi connectivity index (χ2n) is 5.87. The Morgan fingerprint density at radius 1 is 1.38 bits per heavy atom. The molecule has 1 aromatic carbocycles. The average molecular weight is 314 g/mol. The van der Waals surface area contributed by atoms with Crippen molar-refractivity contribution in [1.82, 2.24) is 0 Å². The van der Waals surface area contributed by atoms with Crippen LogP contribution in [0.3, 0.4) is 0 Å². The van der Waals surface area contributed by atoms with Gasteiger partial charge in [-0.05, 0) is 6.07 Å². The number of nitrogens with zero attached hydrogens (tertiary/aromatic N) is 2. The molecule has 0 radical (unpaired) electrons. The number of aliphatic imine (C=N–C) groups is 1. The summed E-state index contributed by atoms with van der Waals surface area (Å²) < 4.78 is 22.3. The van der Waals surface area contributed by atoms with Crippen molar-refractivity contribution in [1.29, 1.82) is 0 Å². The minimum atomic E-state index is -4.99. The summed E-state index contributed by atoms with van der Waals surface area (Å²) in [5.41, 5.74) is 1.01. The lowest BCUT2D eigenvalue weighted by atomic mass is 10.1. The lowest BCUT2D eigenvalue weighted by Crippen LogP contribution is -2.41. The smallest absolute Gasteiger partial charge is 0.268 e. The number of phosphoric acid groups is 1. The Hall–Kier alpha value is -1.08. The molecule has 21 heavy (non-hydrogen) atoms. The molecule has 0 bridgehead atoms. The molecule has 116 valence electrons. The SMILES string of the molecule is C[N+](C)(C)CCOC1(OP(=O)([O-])O)C=Nc2ccccc21. The van der Waals surface area contributed by atoms with Crippen LogP contribution in [0.25, 0.3) is 0 Å². The third-order valence-corrected chi connectivity index (χ3v) is 3.48. The normalized spacial score (nSPS) is 23.9. The molecule has 2 atom stereocenters. The Morgan fingerprint density at radius 2 is 2.05 bits per heavy atom. The van der Waals surface area contributed by atoms with Crippen molar-refractivity contribution in [3.63, 3.8) is 0 Å². The Balaban J connectivity index is 2.26. The fourth-order valence-corrected chi connectivity index (χ4v) is 2.50. The second kappa shape index (κ2) is 5.61. The molecule has 1 aliphatic rings. The molecule has 0 aromatic heterocycles. The molecule has 8 heteroatoms. The molecule has 7 nitrogen and oxygen atoms in total. The van der Waals surface area contributed by atoms with Crippen molar-refractivity contribution in [2.24, 2.45) is 4.99 Å². The van der Waals surface area contributed by atoms with Crippen LogP contribution < -0.4 is 4.89 Å². The van der Waals surface area contributed by atoms with Gasteiger partial charge in [0.15, 0.2) is 0 Å². The van der Waals surface area contributed by atoms with E-state index < -0.39 is 13.6 Å². The number of para-hydroxylation sites is 1. The fraction of sp³-hybridized carbons (Fsp3) is 0.462. The number of phosphoric ester groups is 1. The highest BCUT2D eigenvalue weighted by molar-refractivity contribution is 7.44. The van der Waals surface area contributed by atoms with Crippen molar-refractivity contribution in [2.75, 3.05) is 34.3 Å². The van der Waals surface area contributed by atoms with Crippen LogP contribution in [-0.2, 0) is 19.6 Å². The van der Waals surface area contributed by atoms with E-state index in [9.17, 15) is 9.46 Å². The second-order valence-corrected chi connectivity index (χ2v) is 6.98. The molecule has 0 amide bonds. The molecule has 1 heterocycles. The molecule has 1 aliphatic heterocycles. The number of rotatable bonds is 6. The van der Waals surface area contributed by atoms with E-state index in [-0.39, 0.29) is 6.61 Å². The molecular formula is C13H19N2O5P. The van der Waals surface area contributed by atoms with Gasteiger partial charge in [0, 0.05) is 5.56 Å². The first-order valence-electron chi connectivity index (χ1n) is 6.45. The predicted octanol–water partition coefficient (Wildman–Crippen LogP) is 0.755. The van der Waals surface area contributed by atoms with Crippen molar-refractivity contribution >= 4 is 19.7 Å². The summed E-state index contributed by atoms with van der Waals surface area (Å²) in [6.07, 6.45) is 1.26. The Morgan fingerprint density at radius 3 is 2.67 bits per heavy atom. The summed E-state index contributed by atoms with van der Waals surface area (Å²) in [6.45, 7) is 0.875. The number of ether oxygens (including phenoxy) is 1. The first-order valence-corrected chi connectivity index (χ1v) is 7.95. The summed E-state index contributed by atoms with van der Waals surface area (Å²) in [4.78, 5) is 24.3. The van der Waals surface area contributed by atoms with Crippen LogP contribution in [0, 0.1) is 0 Å². The topological polar surface area (TPSA) is 91.2 Å². The monoisotopic (exact) mass is 314 g/mol. The lowest BCUT2D eigenvalue weighted by molar-refractivity contribution is -0.871. The molecule has 2 rings (SSSR count). The minimum Gasteiger partial charge on any atom is -0.756 e. The number of quaternary nitrogens is 1. The van der Waals surface area contributed by atoms with Crippen LogP contribution in [-0.4, -0.2) is 49.9 Å². The van der Waals surface area contributed by atoms with E-state index in [2.05, 4.69) is 4.99 Å². The quantitative estimate of drug-likeness (QED) is 0.475. The van der Waals surface area contributed by atoms with E-state index >= 15 is 0 Å². The first-order chi connectivity index (χ1) is 9.61. The van der Waals surface area contributed by atoms with Crippen LogP contribution in [0.15, 0.2) is 29.3 Å². The van der Waals surface area contributed by atoms with Crippen LogP contribution in [0.2, 0.25) is 0 Å². The summed E-state index contributed by atoms with van der Waals surface area (Å²) in [7, 11) is 0.965. The maximum absolute atomic E-state index is 11.2. The van der Waals surface area contributed by atoms with Crippen molar-refractivity contribution in [3.05, 3.63) is 29.8 Å². The van der Waals surface area contributed by atoms with Gasteiger partial charge in [-0.1, -0.05) is 18.2 Å². The van der Waals surface area contributed by atoms with E-state index in [1.165, 1.54) is 6.21 Å². The van der Waals surface area contributed by atoms with Gasteiger partial charge in [0.05, 0.1) is 39.7 Å². The molecule has 0 spiro atoms. The van der Waals surface area contributed by atoms with E-state index in [1.807, 2.05) is 21.1 Å². The summed E-state index contributed by atoms with van der Waals surface area (Å²) >= 11 is 0. The largest absolute Gasteiger partial charge is 0.756 e. The zero-order chi connectivity index (χ0) is 15.7. The number of benzene rings is 1. The van der Waals surface area contributed by atoms with Crippen LogP contribution >= 0.6 is 7.82 Å². The molecule has 1 aromatic rings. The molecule has 0 fully saturated rings. The Labute approximate surface area is 123 Å². The van der Waals surface area contributed by atoms with Gasteiger partial charge in [0.1, 0.15) is 6.54 Å². The van der Waals surface area contributed by atoms with Crippen LogP contribution in [0.1, 0.15) is 5.56 Å². The minimum absolute atomic E-state index is 0.240. The zero-order valence-electron chi connectivity index (χ0n) is 12.2. The maximum Gasteiger partial charge on any atom is 0.268 e. The molecular weight excluding hydrogens is 295 g/mol. The maximum atomic E-state index is 11.2. The first kappa shape index (κ1) is 16.3. The summed E-state index contributed by atoms with van der Waals surface area (Å²) in [5.74, 6) is -1.70. The number of likely N-dealkylation sites (N-methyl/N-ethyl adjacent to an activating group) is 1. The predicted molar refractivity (Wildman–Crippen MR) is 76.0 cm³/mol. The molecule has 1 N–H and O–H groups in total. The molecule has 0 saturated carbocycles. The molecule has 2 unspecified atom stereocenters. The standard InChI is InChI=1S/C13H19N2O5P/c1-15(2,3)8-9-19-13(20-21(16,17)18)10-14-12-7-5-4-6-11(12)13/h4-7,10H,8-9H2,1-3H3,(H-,16,17,18). The van der Waals surface area contributed by atoms with Crippen molar-refractivity contribution < 1.29 is 28.1 Å². The highest BCUT2D eigenvalue weighted by Gasteiger charge is 2.42. The highest BCUT2D eigenvalue weighted by atomic mass is 31.2. The summed E-state index contributed by atoms with van der Waals surface area (Å²) in [5, 5.41) is 0. The summed E-state index contributed by atoms with van der Waals surface area (Å²) in [6, 6.07) is 6.87. The third kappa shape index (κ3) is 4.20. The number of fused-ring (bicyclic) bond motifs is 1. The van der Waals surface area contributed by atoms with E-state index in [4.69, 9.17) is 14.2 Å². The van der Waals surface area contributed by atoms with E-state index in [0.717, 1.165) is 0 Å². The Bertz CT molecular complexity index is 592. The third-order valence-electron chi connectivity index (χ3n) is 2.98. The fourth-order valence-electron chi connectivity index (χ4n) is 1.96. The van der Waals surface area contributed by atoms with Gasteiger partial charge in [-0.2, -0.15) is 0 Å². The van der Waals surface area contributed by atoms with Crippen molar-refractivity contribution in [2.45, 2.75) is 5.79 Å². The van der Waals surface area contributed by atoms with E-state index in [1.54, 1.807) is 24.3 Å². The number of hydrogen-bond acceptors (Lipinski definition) is 5. The van der Waals surface area contributed by atoms with Gasteiger partial charge in [-0.3, -0.25) is 14.1 Å². The van der Waals surface area contributed by atoms with Gasteiger partial charge in [-0.25, -0.2) is 0 Å². The zero-order valence-corrected chi connectivity index (χ0v) is 13.1. The van der Waals surface area contributed by atoms with E-state index in [0.29, 0.717) is 22.3 Å². The number of hydrogen-bond donors (Lipinski definition) is 1. The van der Waals surface area contributed by atoms with Gasteiger partial charge in [0.25, 0.3) is 7.82 Å². The highest BCUT2D eigenvalue weighted by Crippen LogP contribution is 2.47. The van der Waals surface area contributed by atoms with Gasteiger partial charge in [-0.15, -0.1) is 0 Å². The van der Waals surface area contributed by atoms with Crippen LogP contribution in [0.4, 0.5) is 5.69 Å². The Kier molecular flexibility index (Phi) is 4.35. The van der Waals surface area contributed by atoms with Gasteiger partial charge in [0.2, 0.25) is 5.79 Å². The molecule has 0 saturated heterocycles.